The monoisotopic (exact) mass is 463 g/mol. The van der Waals surface area contributed by atoms with Crippen molar-refractivity contribution in [1.82, 2.24) is 19.4 Å². The molecule has 0 radical (unpaired) electrons. The van der Waals surface area contributed by atoms with Crippen LogP contribution in [0.2, 0.25) is 0 Å². The molecule has 0 saturated carbocycles. The largest absolute Gasteiger partial charge is 0.460 e. The molecule has 1 aliphatic heterocycles. The smallest absolute Gasteiger partial charge is 0.410 e. The fourth-order valence-electron chi connectivity index (χ4n) is 3.31. The Hall–Kier alpha value is -2.95. The highest BCUT2D eigenvalue weighted by atomic mass is 32.1. The van der Waals surface area contributed by atoms with Gasteiger partial charge < -0.3 is 24.3 Å². The maximum Gasteiger partial charge on any atom is 0.410 e. The van der Waals surface area contributed by atoms with Gasteiger partial charge in [-0.15, -0.1) is 11.3 Å². The topological polar surface area (TPSA) is 116 Å². The summed E-state index contributed by atoms with van der Waals surface area (Å²) >= 11 is 1.43. The highest BCUT2D eigenvalue weighted by Crippen LogP contribution is 2.31. The molecule has 2 amide bonds. The number of nitrogens with one attached hydrogen (secondary N) is 1. The number of imidazole rings is 1. The van der Waals surface area contributed by atoms with E-state index in [1.165, 1.54) is 15.9 Å². The predicted octanol–water partition coefficient (Wildman–Crippen LogP) is 3.42. The van der Waals surface area contributed by atoms with E-state index in [1.54, 1.807) is 30.4 Å². The molecule has 1 saturated heterocycles. The van der Waals surface area contributed by atoms with E-state index >= 15 is 0 Å². The quantitative estimate of drug-likeness (QED) is 0.676. The van der Waals surface area contributed by atoms with E-state index in [0.717, 1.165) is 17.8 Å². The minimum absolute atomic E-state index is 0.109. The summed E-state index contributed by atoms with van der Waals surface area (Å²) < 4.78 is 11.9. The van der Waals surface area contributed by atoms with Crippen molar-refractivity contribution < 1.29 is 23.9 Å². The highest BCUT2D eigenvalue weighted by molar-refractivity contribution is 7.10. The summed E-state index contributed by atoms with van der Waals surface area (Å²) in [5.74, 6) is -0.402. The van der Waals surface area contributed by atoms with Crippen LogP contribution in [0.25, 0.3) is 0 Å². The first-order valence-electron chi connectivity index (χ1n) is 10.5. The molecule has 0 atom stereocenters. The van der Waals surface area contributed by atoms with Crippen LogP contribution in [-0.2, 0) is 16.5 Å². The number of aryl methyl sites for hydroxylation is 1. The molecule has 0 aromatic carbocycles. The Morgan fingerprint density at radius 2 is 1.91 bits per heavy atom. The molecule has 11 heteroatoms. The van der Waals surface area contributed by atoms with Gasteiger partial charge in [0, 0.05) is 37.6 Å². The van der Waals surface area contributed by atoms with Gasteiger partial charge in [-0.2, -0.15) is 0 Å². The van der Waals surface area contributed by atoms with Crippen molar-refractivity contribution in [1.29, 1.82) is 0 Å². The summed E-state index contributed by atoms with van der Waals surface area (Å²) in [5, 5.41) is 5.25. The summed E-state index contributed by atoms with van der Waals surface area (Å²) in [6, 6.07) is 0. The van der Waals surface area contributed by atoms with Gasteiger partial charge >= 0.3 is 12.1 Å². The van der Waals surface area contributed by atoms with E-state index < -0.39 is 17.5 Å². The van der Waals surface area contributed by atoms with Gasteiger partial charge in [0.2, 0.25) is 5.82 Å². The lowest BCUT2D eigenvalue weighted by Crippen LogP contribution is -2.41. The number of carbonyl (C=O) groups is 3. The average Bonchev–Trinajstić information content (AvgIpc) is 3.34. The zero-order valence-corrected chi connectivity index (χ0v) is 19.8. The standard InChI is InChI=1S/C21H29N5O5S/c1-6-30-19(28)16-23-15(11-25(16)5)24-17(27)14-12-32-18(22-14)13-7-9-26(10-8-13)20(29)31-21(2,3)4/h11-13H,6-10H2,1-5H3,(H,24,27). The SMILES string of the molecule is CCOC(=O)c1nc(NC(=O)c2csc(C3CCN(C(=O)OC(C)(C)C)CC3)n2)cn1C. The van der Waals surface area contributed by atoms with E-state index in [-0.39, 0.29) is 30.3 Å². The maximum atomic E-state index is 12.6. The van der Waals surface area contributed by atoms with Gasteiger partial charge in [-0.3, -0.25) is 4.79 Å². The molecule has 10 nitrogen and oxygen atoms in total. The van der Waals surface area contributed by atoms with Crippen LogP contribution >= 0.6 is 11.3 Å². The second-order valence-corrected chi connectivity index (χ2v) is 9.44. The summed E-state index contributed by atoms with van der Waals surface area (Å²) in [6.45, 7) is 8.68. The van der Waals surface area contributed by atoms with E-state index in [9.17, 15) is 14.4 Å². The molecule has 0 aliphatic carbocycles. The number of hydrogen-bond donors (Lipinski definition) is 1. The van der Waals surface area contributed by atoms with E-state index in [0.29, 0.717) is 18.8 Å². The number of nitrogens with zero attached hydrogens (tertiary/aromatic N) is 4. The number of rotatable bonds is 5. The Labute approximate surface area is 190 Å². The van der Waals surface area contributed by atoms with Gasteiger partial charge in [0.15, 0.2) is 5.82 Å². The van der Waals surface area contributed by atoms with Crippen LogP contribution in [0.4, 0.5) is 10.6 Å². The molecule has 3 heterocycles. The molecule has 1 N–H and O–H groups in total. The normalized spacial score (nSPS) is 14.8. The number of esters is 1. The molecule has 3 rings (SSSR count). The van der Waals surface area contributed by atoms with Crippen molar-refractivity contribution in [2.24, 2.45) is 7.05 Å². The van der Waals surface area contributed by atoms with E-state index in [2.05, 4.69) is 15.3 Å². The number of aromatic nitrogens is 3. The van der Waals surface area contributed by atoms with Gasteiger partial charge in [0.25, 0.3) is 5.91 Å². The molecule has 174 valence electrons. The van der Waals surface area contributed by atoms with E-state index in [1.807, 2.05) is 20.8 Å². The first-order valence-corrected chi connectivity index (χ1v) is 11.4. The molecule has 0 spiro atoms. The number of amides is 2. The van der Waals surface area contributed by atoms with Gasteiger partial charge in [-0.05, 0) is 40.5 Å². The second kappa shape index (κ2) is 9.68. The maximum absolute atomic E-state index is 12.6. The van der Waals surface area contributed by atoms with Crippen LogP contribution in [0.3, 0.4) is 0 Å². The summed E-state index contributed by atoms with van der Waals surface area (Å²) in [7, 11) is 1.65. The van der Waals surface area contributed by atoms with Crippen LogP contribution in [-0.4, -0.2) is 62.7 Å². The Bertz CT molecular complexity index is 985. The zero-order chi connectivity index (χ0) is 23.5. The Morgan fingerprint density at radius 1 is 1.22 bits per heavy atom. The lowest BCUT2D eigenvalue weighted by molar-refractivity contribution is 0.0204. The van der Waals surface area contributed by atoms with Gasteiger partial charge in [0.05, 0.1) is 11.6 Å². The number of likely N-dealkylation sites (tertiary alicyclic amines) is 1. The lowest BCUT2D eigenvalue weighted by Gasteiger charge is -2.32. The first-order chi connectivity index (χ1) is 15.1. The lowest BCUT2D eigenvalue weighted by atomic mass is 9.98. The van der Waals surface area contributed by atoms with Crippen molar-refractivity contribution >= 4 is 35.1 Å². The summed E-state index contributed by atoms with van der Waals surface area (Å²) in [6.07, 6.45) is 2.77. The molecule has 32 heavy (non-hydrogen) atoms. The van der Waals surface area contributed by atoms with Crippen molar-refractivity contribution in [3.05, 3.63) is 28.1 Å². The van der Waals surface area contributed by atoms with Crippen LogP contribution in [0, 0.1) is 0 Å². The number of piperidine rings is 1. The fraction of sp³-hybridized carbons (Fsp3) is 0.571. The van der Waals surface area contributed by atoms with E-state index in [4.69, 9.17) is 9.47 Å². The number of anilines is 1. The highest BCUT2D eigenvalue weighted by Gasteiger charge is 2.29. The summed E-state index contributed by atoms with van der Waals surface area (Å²) in [5.41, 5.74) is -0.223. The van der Waals surface area contributed by atoms with Crippen LogP contribution < -0.4 is 5.32 Å². The molecule has 0 unspecified atom stereocenters. The summed E-state index contributed by atoms with van der Waals surface area (Å²) in [4.78, 5) is 47.0. The minimum Gasteiger partial charge on any atom is -0.460 e. The fourth-order valence-corrected chi connectivity index (χ4v) is 4.28. The van der Waals surface area contributed by atoms with Crippen molar-refractivity contribution in [3.63, 3.8) is 0 Å². The number of hydrogen-bond acceptors (Lipinski definition) is 8. The number of carbonyl (C=O) groups excluding carboxylic acids is 3. The van der Waals surface area contributed by atoms with Crippen LogP contribution in [0.5, 0.6) is 0 Å². The number of ether oxygens (including phenoxy) is 2. The third-order valence-electron chi connectivity index (χ3n) is 4.83. The molecule has 0 bridgehead atoms. The van der Waals surface area contributed by atoms with Gasteiger partial charge in [-0.25, -0.2) is 19.6 Å². The Kier molecular flexibility index (Phi) is 7.17. The Morgan fingerprint density at radius 3 is 2.53 bits per heavy atom. The molecule has 2 aromatic heterocycles. The first kappa shape index (κ1) is 23.7. The third-order valence-corrected chi connectivity index (χ3v) is 5.83. The molecule has 1 aliphatic rings. The van der Waals surface area contributed by atoms with Crippen LogP contribution in [0.1, 0.15) is 72.6 Å². The molecule has 1 fully saturated rings. The zero-order valence-electron chi connectivity index (χ0n) is 19.0. The molecular formula is C21H29N5O5S. The molecular weight excluding hydrogens is 434 g/mol. The van der Waals surface area contributed by atoms with Gasteiger partial charge in [-0.1, -0.05) is 0 Å². The Balaban J connectivity index is 1.57. The van der Waals surface area contributed by atoms with Crippen LogP contribution in [0.15, 0.2) is 11.6 Å². The van der Waals surface area contributed by atoms with Crippen molar-refractivity contribution in [2.45, 2.75) is 52.1 Å². The number of thiazole rings is 1. The molecule has 2 aromatic rings. The van der Waals surface area contributed by atoms with Gasteiger partial charge in [0.1, 0.15) is 11.3 Å². The average molecular weight is 464 g/mol. The van der Waals surface area contributed by atoms with Crippen molar-refractivity contribution in [3.8, 4) is 0 Å². The second-order valence-electron chi connectivity index (χ2n) is 8.55. The van der Waals surface area contributed by atoms with Crippen molar-refractivity contribution in [2.75, 3.05) is 25.0 Å². The third kappa shape index (κ3) is 5.84. The minimum atomic E-state index is -0.552. The predicted molar refractivity (Wildman–Crippen MR) is 119 cm³/mol.